The Balaban J connectivity index is 1.53. The molecule has 0 atom stereocenters. The van der Waals surface area contributed by atoms with E-state index in [0.717, 1.165) is 24.8 Å². The van der Waals surface area contributed by atoms with Crippen LogP contribution in [0.1, 0.15) is 18.5 Å². The molecule has 0 amide bonds. The number of rotatable bonds is 6. The number of fused-ring (bicyclic) bond motifs is 1. The van der Waals surface area contributed by atoms with Crippen molar-refractivity contribution < 1.29 is 4.42 Å². The number of hydrogen-bond donors (Lipinski definition) is 1. The van der Waals surface area contributed by atoms with Crippen LogP contribution in [-0.4, -0.2) is 30.7 Å². The highest BCUT2D eigenvalue weighted by Gasteiger charge is 2.26. The first-order valence-corrected chi connectivity index (χ1v) is 9.10. The molecule has 8 heteroatoms. The van der Waals surface area contributed by atoms with Crippen LogP contribution in [0.2, 0.25) is 0 Å². The summed E-state index contributed by atoms with van der Waals surface area (Å²) in [5, 5.41) is 4.42. The lowest BCUT2D eigenvalue weighted by atomic mass is 10.3. The zero-order chi connectivity index (χ0) is 18.4. The normalized spacial score (nSPS) is 14.1. The molecule has 4 aromatic heterocycles. The van der Waals surface area contributed by atoms with E-state index in [2.05, 4.69) is 44.9 Å². The van der Waals surface area contributed by atoms with E-state index >= 15 is 0 Å². The third-order valence-electron chi connectivity index (χ3n) is 4.97. The predicted octanol–water partition coefficient (Wildman–Crippen LogP) is 2.72. The van der Waals surface area contributed by atoms with Crippen LogP contribution in [0.25, 0.3) is 17.4 Å². The third kappa shape index (κ3) is 3.03. The van der Waals surface area contributed by atoms with Gasteiger partial charge in [-0.25, -0.2) is 0 Å². The Morgan fingerprint density at radius 2 is 2.15 bits per heavy atom. The van der Waals surface area contributed by atoms with Crippen molar-refractivity contribution in [2.24, 2.45) is 13.0 Å². The largest absolute Gasteiger partial charge is 0.461 e. The molecule has 27 heavy (non-hydrogen) atoms. The summed E-state index contributed by atoms with van der Waals surface area (Å²) in [6.45, 7) is 1.74. The van der Waals surface area contributed by atoms with Crippen molar-refractivity contribution in [2.45, 2.75) is 19.4 Å². The number of anilines is 2. The van der Waals surface area contributed by atoms with Crippen LogP contribution < -0.4 is 10.6 Å². The van der Waals surface area contributed by atoms with Crippen LogP contribution in [-0.2, 0) is 13.6 Å². The highest BCUT2D eigenvalue weighted by atomic mass is 16.3. The second-order valence-corrected chi connectivity index (χ2v) is 7.10. The highest BCUT2D eigenvalue weighted by Crippen LogP contribution is 2.32. The van der Waals surface area contributed by atoms with E-state index in [1.54, 1.807) is 16.8 Å². The molecule has 0 aliphatic heterocycles. The van der Waals surface area contributed by atoms with Crippen LogP contribution in [0.15, 0.2) is 47.2 Å². The molecule has 0 aromatic carbocycles. The molecular formula is C19H21N7O. The van der Waals surface area contributed by atoms with Gasteiger partial charge >= 0.3 is 0 Å². The van der Waals surface area contributed by atoms with Crippen molar-refractivity contribution in [1.82, 2.24) is 24.1 Å². The predicted molar refractivity (Wildman–Crippen MR) is 102 cm³/mol. The van der Waals surface area contributed by atoms with E-state index in [-0.39, 0.29) is 0 Å². The maximum absolute atomic E-state index is 6.27. The number of aryl methyl sites for hydroxylation is 1. The highest BCUT2D eigenvalue weighted by molar-refractivity contribution is 5.57. The van der Waals surface area contributed by atoms with Gasteiger partial charge in [-0.15, -0.1) is 5.10 Å². The zero-order valence-corrected chi connectivity index (χ0v) is 15.1. The summed E-state index contributed by atoms with van der Waals surface area (Å²) in [7, 11) is 2.06. The summed E-state index contributed by atoms with van der Waals surface area (Å²) in [5.41, 5.74) is 7.50. The molecule has 0 spiro atoms. The number of furan rings is 1. The summed E-state index contributed by atoms with van der Waals surface area (Å²) in [6.07, 6.45) is 6.20. The second kappa shape index (κ2) is 6.15. The Kier molecular flexibility index (Phi) is 3.63. The van der Waals surface area contributed by atoms with Gasteiger partial charge < -0.3 is 19.6 Å². The number of hydrogen-bond acceptors (Lipinski definition) is 6. The van der Waals surface area contributed by atoms with E-state index in [4.69, 9.17) is 15.1 Å². The van der Waals surface area contributed by atoms with E-state index in [9.17, 15) is 0 Å². The molecule has 8 nitrogen and oxygen atoms in total. The van der Waals surface area contributed by atoms with Gasteiger partial charge in [-0.2, -0.15) is 14.5 Å². The van der Waals surface area contributed by atoms with Gasteiger partial charge in [0.1, 0.15) is 11.6 Å². The molecule has 0 unspecified atom stereocenters. The lowest BCUT2D eigenvalue weighted by Gasteiger charge is -2.24. The molecule has 1 saturated carbocycles. The van der Waals surface area contributed by atoms with Gasteiger partial charge in [0.25, 0.3) is 5.78 Å². The van der Waals surface area contributed by atoms with Gasteiger partial charge in [0.05, 0.1) is 12.8 Å². The molecule has 4 aromatic rings. The standard InChI is InChI=1S/C19H21N7O/c1-24-8-2-4-14(24)12-25(11-13-6-7-13)17-10-16(20)26-19(21-17)22-18(23-26)15-5-3-9-27-15/h2-5,8-10,13H,6-7,11-12,20H2,1H3. The van der Waals surface area contributed by atoms with Crippen molar-refractivity contribution in [1.29, 1.82) is 0 Å². The fourth-order valence-corrected chi connectivity index (χ4v) is 3.26. The number of aromatic nitrogens is 5. The fourth-order valence-electron chi connectivity index (χ4n) is 3.26. The Bertz CT molecular complexity index is 1080. The van der Waals surface area contributed by atoms with E-state index < -0.39 is 0 Å². The topological polar surface area (TPSA) is 90.4 Å². The lowest BCUT2D eigenvalue weighted by molar-refractivity contribution is 0.577. The van der Waals surface area contributed by atoms with Gasteiger partial charge in [-0.1, -0.05) is 0 Å². The van der Waals surface area contributed by atoms with Gasteiger partial charge in [-0.05, 0) is 43.0 Å². The first-order valence-electron chi connectivity index (χ1n) is 9.10. The Morgan fingerprint density at radius 1 is 1.26 bits per heavy atom. The summed E-state index contributed by atoms with van der Waals surface area (Å²) >= 11 is 0. The van der Waals surface area contributed by atoms with Crippen LogP contribution >= 0.6 is 0 Å². The maximum atomic E-state index is 6.27. The molecule has 0 saturated heterocycles. The Hall–Kier alpha value is -3.29. The van der Waals surface area contributed by atoms with Gasteiger partial charge in [0, 0.05) is 31.5 Å². The minimum atomic E-state index is 0.476. The molecule has 1 aliphatic carbocycles. The minimum Gasteiger partial charge on any atom is -0.461 e. The Morgan fingerprint density at radius 3 is 2.85 bits per heavy atom. The first kappa shape index (κ1) is 15.9. The van der Waals surface area contributed by atoms with Crippen molar-refractivity contribution in [3.63, 3.8) is 0 Å². The van der Waals surface area contributed by atoms with Crippen LogP contribution in [0.3, 0.4) is 0 Å². The summed E-state index contributed by atoms with van der Waals surface area (Å²) in [6, 6.07) is 9.69. The molecule has 138 valence electrons. The van der Waals surface area contributed by atoms with E-state index in [1.807, 2.05) is 12.1 Å². The average Bonchev–Trinajstić information content (AvgIpc) is 3.05. The molecular weight excluding hydrogens is 342 g/mol. The lowest BCUT2D eigenvalue weighted by Crippen LogP contribution is -2.27. The molecule has 4 heterocycles. The number of nitrogens with two attached hydrogens (primary N) is 1. The second-order valence-electron chi connectivity index (χ2n) is 7.10. The molecule has 0 bridgehead atoms. The first-order chi connectivity index (χ1) is 13.2. The monoisotopic (exact) mass is 363 g/mol. The van der Waals surface area contributed by atoms with Crippen LogP contribution in [0.5, 0.6) is 0 Å². The van der Waals surface area contributed by atoms with Crippen molar-refractivity contribution in [2.75, 3.05) is 17.2 Å². The van der Waals surface area contributed by atoms with Crippen LogP contribution in [0.4, 0.5) is 11.6 Å². The van der Waals surface area contributed by atoms with Gasteiger partial charge in [0.2, 0.25) is 5.82 Å². The Labute approximate surface area is 156 Å². The zero-order valence-electron chi connectivity index (χ0n) is 15.1. The smallest absolute Gasteiger partial charge is 0.256 e. The average molecular weight is 363 g/mol. The van der Waals surface area contributed by atoms with Crippen molar-refractivity contribution in [3.8, 4) is 11.6 Å². The fraction of sp³-hybridized carbons (Fsp3) is 0.316. The molecule has 0 radical (unpaired) electrons. The van der Waals surface area contributed by atoms with Crippen molar-refractivity contribution in [3.05, 3.63) is 48.5 Å². The molecule has 1 aliphatic rings. The third-order valence-corrected chi connectivity index (χ3v) is 4.97. The molecule has 5 rings (SSSR count). The quantitative estimate of drug-likeness (QED) is 0.566. The van der Waals surface area contributed by atoms with Gasteiger partial charge in [0.15, 0.2) is 5.76 Å². The summed E-state index contributed by atoms with van der Waals surface area (Å²) in [5.74, 6) is 3.61. The van der Waals surface area contributed by atoms with E-state index in [1.165, 1.54) is 18.5 Å². The van der Waals surface area contributed by atoms with Crippen molar-refractivity contribution >= 4 is 17.4 Å². The number of nitrogens with zero attached hydrogens (tertiary/aromatic N) is 6. The van der Waals surface area contributed by atoms with E-state index in [0.29, 0.717) is 23.2 Å². The van der Waals surface area contributed by atoms with Crippen LogP contribution in [0, 0.1) is 5.92 Å². The molecule has 2 N–H and O–H groups in total. The summed E-state index contributed by atoms with van der Waals surface area (Å²) in [4.78, 5) is 11.5. The minimum absolute atomic E-state index is 0.476. The summed E-state index contributed by atoms with van der Waals surface area (Å²) < 4.78 is 9.08. The number of nitrogen functional groups attached to an aromatic ring is 1. The van der Waals surface area contributed by atoms with Gasteiger partial charge in [-0.3, -0.25) is 0 Å². The molecule has 1 fully saturated rings. The SMILES string of the molecule is Cn1cccc1CN(CC1CC1)c1cc(N)n2nc(-c3ccco3)nc2n1. The maximum Gasteiger partial charge on any atom is 0.256 e.